The van der Waals surface area contributed by atoms with Gasteiger partial charge in [-0.25, -0.2) is 0 Å². The highest BCUT2D eigenvalue weighted by Gasteiger charge is 2.37. The van der Waals surface area contributed by atoms with E-state index in [1.165, 1.54) is 21.3 Å². The summed E-state index contributed by atoms with van der Waals surface area (Å²) in [6.45, 7) is 2.18. The summed E-state index contributed by atoms with van der Waals surface area (Å²) in [7, 11) is 4.67. The standard InChI is InChI=1S/C21H30NO6P/c1-7-12-28-29(24,17-10-8-16(9-11-17)22(2)3)21(23)15-13-18(25-4)20(27-6)19(14-15)26-5/h8-11,13-14,21,23H,7,12H2,1-6H3/t21-,29-/m1/s1. The van der Waals surface area contributed by atoms with E-state index in [9.17, 15) is 9.67 Å². The van der Waals surface area contributed by atoms with E-state index in [1.54, 1.807) is 24.3 Å². The van der Waals surface area contributed by atoms with Crippen LogP contribution in [0.4, 0.5) is 5.69 Å². The fraction of sp³-hybridized carbons (Fsp3) is 0.429. The zero-order valence-corrected chi connectivity index (χ0v) is 18.7. The maximum atomic E-state index is 13.9. The highest BCUT2D eigenvalue weighted by Crippen LogP contribution is 2.59. The first kappa shape index (κ1) is 23.1. The maximum absolute atomic E-state index is 13.9. The van der Waals surface area contributed by atoms with Gasteiger partial charge >= 0.3 is 0 Å². The van der Waals surface area contributed by atoms with E-state index in [0.717, 1.165) is 5.69 Å². The molecule has 0 aliphatic heterocycles. The Labute approximate surface area is 172 Å². The summed E-state index contributed by atoms with van der Waals surface area (Å²) >= 11 is 0. The van der Waals surface area contributed by atoms with Gasteiger partial charge in [0.05, 0.1) is 27.9 Å². The summed E-state index contributed by atoms with van der Waals surface area (Å²) < 4.78 is 35.7. The summed E-state index contributed by atoms with van der Waals surface area (Å²) in [5.41, 5.74) is 1.31. The molecule has 7 nitrogen and oxygen atoms in total. The van der Waals surface area contributed by atoms with Crippen molar-refractivity contribution < 1.29 is 28.4 Å². The van der Waals surface area contributed by atoms with Crippen LogP contribution in [0.3, 0.4) is 0 Å². The second-order valence-electron chi connectivity index (χ2n) is 6.67. The lowest BCUT2D eigenvalue weighted by Crippen LogP contribution is -2.16. The molecule has 0 unspecified atom stereocenters. The van der Waals surface area contributed by atoms with E-state index < -0.39 is 13.2 Å². The lowest BCUT2D eigenvalue weighted by molar-refractivity contribution is 0.213. The van der Waals surface area contributed by atoms with Crippen LogP contribution in [0.1, 0.15) is 24.8 Å². The molecule has 0 saturated heterocycles. The van der Waals surface area contributed by atoms with Gasteiger partial charge in [-0.05, 0) is 48.4 Å². The third-order valence-corrected chi connectivity index (χ3v) is 7.05. The predicted octanol–water partition coefficient (Wildman–Crippen LogP) is 3.80. The molecule has 0 aromatic heterocycles. The molecule has 0 amide bonds. The van der Waals surface area contributed by atoms with Crippen LogP contribution in [0.2, 0.25) is 0 Å². The van der Waals surface area contributed by atoms with Gasteiger partial charge in [0.2, 0.25) is 5.75 Å². The quantitative estimate of drug-likeness (QED) is 0.583. The van der Waals surface area contributed by atoms with Gasteiger partial charge in [-0.2, -0.15) is 0 Å². The van der Waals surface area contributed by atoms with Crippen molar-refractivity contribution in [2.75, 3.05) is 46.9 Å². The average molecular weight is 423 g/mol. The lowest BCUT2D eigenvalue weighted by atomic mass is 10.2. The Morgan fingerprint density at radius 2 is 1.55 bits per heavy atom. The summed E-state index contributed by atoms with van der Waals surface area (Å²) in [4.78, 5) is 1.94. The molecule has 1 N–H and O–H groups in total. The van der Waals surface area contributed by atoms with Gasteiger partial charge in [-0.3, -0.25) is 4.57 Å². The van der Waals surface area contributed by atoms with Gasteiger partial charge in [-0.1, -0.05) is 6.92 Å². The van der Waals surface area contributed by atoms with Crippen LogP contribution in [0.25, 0.3) is 0 Å². The van der Waals surface area contributed by atoms with Crippen molar-refractivity contribution in [1.29, 1.82) is 0 Å². The number of methoxy groups -OCH3 is 3. The molecular weight excluding hydrogens is 393 g/mol. The summed E-state index contributed by atoms with van der Waals surface area (Å²) in [6.07, 6.45) is 0.668. The molecule has 0 spiro atoms. The number of benzene rings is 2. The fourth-order valence-corrected chi connectivity index (χ4v) is 5.05. The van der Waals surface area contributed by atoms with Crippen LogP contribution in [0, 0.1) is 0 Å². The molecule has 2 aromatic rings. The third-order valence-electron chi connectivity index (χ3n) is 4.52. The number of hydrogen-bond acceptors (Lipinski definition) is 7. The normalized spacial score (nSPS) is 14.0. The van der Waals surface area contributed by atoms with Crippen molar-refractivity contribution in [3.8, 4) is 17.2 Å². The monoisotopic (exact) mass is 423 g/mol. The molecule has 0 aliphatic carbocycles. The number of hydrogen-bond donors (Lipinski definition) is 1. The highest BCUT2D eigenvalue weighted by molar-refractivity contribution is 7.67. The van der Waals surface area contributed by atoms with E-state index in [0.29, 0.717) is 34.5 Å². The van der Waals surface area contributed by atoms with Gasteiger partial charge in [0, 0.05) is 25.1 Å². The Hall–Kier alpha value is -2.21. The van der Waals surface area contributed by atoms with Crippen molar-refractivity contribution >= 4 is 18.4 Å². The molecule has 0 heterocycles. The first-order valence-corrected chi connectivity index (χ1v) is 11.0. The van der Waals surface area contributed by atoms with Crippen molar-refractivity contribution in [2.45, 2.75) is 19.2 Å². The van der Waals surface area contributed by atoms with Gasteiger partial charge in [-0.15, -0.1) is 0 Å². The fourth-order valence-electron chi connectivity index (χ4n) is 2.92. The Bertz CT molecular complexity index is 828. The molecule has 2 atom stereocenters. The maximum Gasteiger partial charge on any atom is 0.264 e. The largest absolute Gasteiger partial charge is 0.493 e. The molecule has 0 fully saturated rings. The van der Waals surface area contributed by atoms with Gasteiger partial charge < -0.3 is 28.7 Å². The molecule has 2 aromatic carbocycles. The SMILES string of the molecule is CCCO[P@](=O)(c1ccc(N(C)C)cc1)[C@@H](O)c1cc(OC)c(OC)c(OC)c1. The lowest BCUT2D eigenvalue weighted by Gasteiger charge is -2.26. The van der Waals surface area contributed by atoms with Crippen LogP contribution in [-0.2, 0) is 9.09 Å². The second kappa shape index (κ2) is 10.0. The van der Waals surface area contributed by atoms with Crippen LogP contribution < -0.4 is 24.4 Å². The zero-order valence-electron chi connectivity index (χ0n) is 17.8. The van der Waals surface area contributed by atoms with E-state index >= 15 is 0 Å². The molecule has 2 rings (SSSR count). The van der Waals surface area contributed by atoms with E-state index in [-0.39, 0.29) is 6.61 Å². The zero-order chi connectivity index (χ0) is 21.6. The van der Waals surface area contributed by atoms with Gasteiger partial charge in [0.1, 0.15) is 0 Å². The first-order valence-electron chi connectivity index (χ1n) is 9.32. The molecule has 0 bridgehead atoms. The second-order valence-corrected chi connectivity index (χ2v) is 9.13. The van der Waals surface area contributed by atoms with Crippen molar-refractivity contribution in [2.24, 2.45) is 0 Å². The Morgan fingerprint density at radius 1 is 1.00 bits per heavy atom. The number of anilines is 1. The molecular formula is C21H30NO6P. The Balaban J connectivity index is 2.55. The van der Waals surface area contributed by atoms with Crippen LogP contribution in [0.15, 0.2) is 36.4 Å². The van der Waals surface area contributed by atoms with Crippen molar-refractivity contribution in [3.63, 3.8) is 0 Å². The van der Waals surface area contributed by atoms with E-state index in [2.05, 4.69) is 0 Å². The highest BCUT2D eigenvalue weighted by atomic mass is 31.2. The van der Waals surface area contributed by atoms with Crippen LogP contribution >= 0.6 is 7.37 Å². The molecule has 160 valence electrons. The van der Waals surface area contributed by atoms with E-state index in [1.807, 2.05) is 38.1 Å². The van der Waals surface area contributed by atoms with E-state index in [4.69, 9.17) is 18.7 Å². The Kier molecular flexibility index (Phi) is 7.96. The minimum atomic E-state index is -3.65. The van der Waals surface area contributed by atoms with Crippen molar-refractivity contribution in [1.82, 2.24) is 0 Å². The van der Waals surface area contributed by atoms with Crippen molar-refractivity contribution in [3.05, 3.63) is 42.0 Å². The van der Waals surface area contributed by atoms with Crippen LogP contribution in [0.5, 0.6) is 17.2 Å². The first-order chi connectivity index (χ1) is 13.8. The number of rotatable bonds is 10. The third kappa shape index (κ3) is 4.86. The molecule has 29 heavy (non-hydrogen) atoms. The molecule has 0 saturated carbocycles. The van der Waals surface area contributed by atoms with Crippen LogP contribution in [-0.4, -0.2) is 47.1 Å². The Morgan fingerprint density at radius 3 is 1.97 bits per heavy atom. The minimum absolute atomic E-state index is 0.258. The van der Waals surface area contributed by atoms with Gasteiger partial charge in [0.15, 0.2) is 17.3 Å². The number of aliphatic hydroxyl groups excluding tert-OH is 1. The number of nitrogens with zero attached hydrogens (tertiary/aromatic N) is 1. The summed E-state index contributed by atoms with van der Waals surface area (Å²) in [5.74, 6) is -0.268. The predicted molar refractivity (Wildman–Crippen MR) is 115 cm³/mol. The summed E-state index contributed by atoms with van der Waals surface area (Å²) in [6, 6.07) is 10.3. The summed E-state index contributed by atoms with van der Waals surface area (Å²) in [5, 5.41) is 11.6. The average Bonchev–Trinajstić information content (AvgIpc) is 2.75. The topological polar surface area (TPSA) is 77.5 Å². The van der Waals surface area contributed by atoms with Gasteiger partial charge in [0.25, 0.3) is 7.37 Å². The smallest absolute Gasteiger partial charge is 0.264 e. The minimum Gasteiger partial charge on any atom is -0.493 e. The number of aliphatic hydroxyl groups is 1. The molecule has 0 aliphatic rings. The number of ether oxygens (including phenoxy) is 3. The molecule has 8 heteroatoms. The molecule has 0 radical (unpaired) electrons.